The van der Waals surface area contributed by atoms with Crippen molar-refractivity contribution in [3.8, 4) is 34.5 Å². The van der Waals surface area contributed by atoms with Crippen LogP contribution in [0, 0.1) is 13.8 Å². The van der Waals surface area contributed by atoms with Crippen LogP contribution in [0.2, 0.25) is 0 Å². The van der Waals surface area contributed by atoms with Gasteiger partial charge in [0.15, 0.2) is 0 Å². The minimum absolute atomic E-state index is 0.0211. The molecular formula is C30H19O12P. The maximum Gasteiger partial charge on any atom is 0.466 e. The molecule has 8 aromatic carbocycles. The molecule has 9 N–H and O–H groups in total. The third-order valence-corrected chi connectivity index (χ3v) is 8.24. The van der Waals surface area contributed by atoms with Crippen LogP contribution in [0.3, 0.4) is 0 Å². The normalized spacial score (nSPS) is 12.7. The summed E-state index contributed by atoms with van der Waals surface area (Å²) in [6, 6.07) is 4.86. The molecule has 0 aliphatic rings. The molecule has 0 fully saturated rings. The van der Waals surface area contributed by atoms with Crippen molar-refractivity contribution < 1.29 is 49.9 Å². The van der Waals surface area contributed by atoms with Crippen molar-refractivity contribution >= 4 is 83.2 Å². The fourth-order valence-corrected chi connectivity index (χ4v) is 6.98. The standard InChI is InChI=1S/C30H16O8.H3O4P/c1-7-3-9(31)19-23-15(7)16-8(2)4-10(32)20-24(16)28-26-18(12(34)6-14(36)22(26)30(20)38)17-11(33)5-13(35)21(29(19)37)25(17)27(23)28;1-5(2,3)4/h3-6,31-36H,1-2H3;(H3,1,2,3,4). The van der Waals surface area contributed by atoms with Gasteiger partial charge in [-0.2, -0.15) is 0 Å². The van der Waals surface area contributed by atoms with Crippen molar-refractivity contribution in [3.63, 3.8) is 0 Å². The molecule has 0 aromatic heterocycles. The van der Waals surface area contributed by atoms with E-state index in [0.29, 0.717) is 43.4 Å². The average molecular weight is 602 g/mol. The number of hydrogen-bond donors (Lipinski definition) is 9. The number of hydrogen-bond acceptors (Lipinski definition) is 9. The fraction of sp³-hybridized carbons (Fsp3) is 0.0667. The highest BCUT2D eigenvalue weighted by atomic mass is 31.2. The van der Waals surface area contributed by atoms with E-state index in [1.54, 1.807) is 13.8 Å². The molecule has 216 valence electrons. The summed E-state index contributed by atoms with van der Waals surface area (Å²) in [4.78, 5) is 49.4. The lowest BCUT2D eigenvalue weighted by molar-refractivity contribution is 0.275. The second-order valence-electron chi connectivity index (χ2n) is 10.7. The van der Waals surface area contributed by atoms with E-state index in [2.05, 4.69) is 0 Å². The predicted octanol–water partition coefficient (Wildman–Crippen LogP) is 4.15. The Balaban J connectivity index is 0.000000558. The Hall–Kier alpha value is -5.13. The first-order chi connectivity index (χ1) is 20.0. The maximum absolute atomic E-state index is 13.9. The van der Waals surface area contributed by atoms with Gasteiger partial charge in [-0.1, -0.05) is 0 Å². The van der Waals surface area contributed by atoms with E-state index in [-0.39, 0.29) is 54.6 Å². The van der Waals surface area contributed by atoms with Gasteiger partial charge in [0.25, 0.3) is 0 Å². The highest BCUT2D eigenvalue weighted by molar-refractivity contribution is 7.45. The van der Waals surface area contributed by atoms with Crippen LogP contribution in [0.25, 0.3) is 75.4 Å². The molecule has 0 heterocycles. The first-order valence-corrected chi connectivity index (χ1v) is 14.2. The summed E-state index contributed by atoms with van der Waals surface area (Å²) in [6.45, 7) is 3.51. The second-order valence-corrected chi connectivity index (χ2v) is 11.7. The zero-order valence-electron chi connectivity index (χ0n) is 22.0. The molecule has 0 unspecified atom stereocenters. The molecule has 8 rings (SSSR count). The molecule has 0 aliphatic carbocycles. The van der Waals surface area contributed by atoms with E-state index in [0.717, 1.165) is 12.1 Å². The molecule has 0 amide bonds. The Morgan fingerprint density at radius 3 is 0.907 bits per heavy atom. The van der Waals surface area contributed by atoms with E-state index in [9.17, 15) is 40.2 Å². The van der Waals surface area contributed by atoms with E-state index in [4.69, 9.17) is 19.2 Å². The van der Waals surface area contributed by atoms with Gasteiger partial charge >= 0.3 is 7.82 Å². The van der Waals surface area contributed by atoms with Crippen LogP contribution >= 0.6 is 7.82 Å². The van der Waals surface area contributed by atoms with Gasteiger partial charge in [-0.25, -0.2) is 4.57 Å². The first kappa shape index (κ1) is 26.7. The summed E-state index contributed by atoms with van der Waals surface area (Å²) < 4.78 is 8.88. The Labute approximate surface area is 237 Å². The maximum atomic E-state index is 13.9. The molecule has 13 heteroatoms. The highest BCUT2D eigenvalue weighted by Gasteiger charge is 2.32. The van der Waals surface area contributed by atoms with Gasteiger partial charge in [0, 0.05) is 55.2 Å². The quantitative estimate of drug-likeness (QED) is 0.0676. The van der Waals surface area contributed by atoms with Crippen LogP contribution in [0.4, 0.5) is 0 Å². The minimum atomic E-state index is -4.64. The molecular weight excluding hydrogens is 583 g/mol. The van der Waals surface area contributed by atoms with Gasteiger partial charge in [-0.05, 0) is 47.9 Å². The third-order valence-electron chi connectivity index (χ3n) is 8.24. The van der Waals surface area contributed by atoms with Crippen LogP contribution in [-0.2, 0) is 4.57 Å². The topological polar surface area (TPSA) is 233 Å². The lowest BCUT2D eigenvalue weighted by Crippen LogP contribution is -2.10. The van der Waals surface area contributed by atoms with E-state index in [1.165, 1.54) is 12.1 Å². The van der Waals surface area contributed by atoms with Gasteiger partial charge in [-0.15, -0.1) is 0 Å². The highest BCUT2D eigenvalue weighted by Crippen LogP contribution is 2.56. The molecule has 0 aliphatic heterocycles. The number of aryl methyl sites for hydroxylation is 2. The number of fused-ring (bicyclic) bond motifs is 2. The van der Waals surface area contributed by atoms with Gasteiger partial charge in [0.1, 0.15) is 34.5 Å². The minimum Gasteiger partial charge on any atom is -0.507 e. The third kappa shape index (κ3) is 3.17. The van der Waals surface area contributed by atoms with E-state index >= 15 is 0 Å². The van der Waals surface area contributed by atoms with Crippen LogP contribution in [0.15, 0.2) is 33.9 Å². The van der Waals surface area contributed by atoms with Crippen molar-refractivity contribution in [1.82, 2.24) is 0 Å². The Morgan fingerprint density at radius 2 is 0.605 bits per heavy atom. The molecule has 0 saturated carbocycles. The number of phenolic OH excluding ortho intramolecular Hbond substituents is 6. The molecule has 0 atom stereocenters. The van der Waals surface area contributed by atoms with Crippen molar-refractivity contribution in [3.05, 3.63) is 55.8 Å². The average Bonchev–Trinajstić information content (AvgIpc) is 2.86. The van der Waals surface area contributed by atoms with Gasteiger partial charge in [0.2, 0.25) is 10.9 Å². The summed E-state index contributed by atoms with van der Waals surface area (Å²) in [5.41, 5.74) is -0.112. The second kappa shape index (κ2) is 8.03. The Bertz CT molecular complexity index is 2340. The van der Waals surface area contributed by atoms with Crippen LogP contribution in [0.1, 0.15) is 11.1 Å². The monoisotopic (exact) mass is 602 g/mol. The first-order valence-electron chi connectivity index (χ1n) is 12.6. The number of phenols is 6. The van der Waals surface area contributed by atoms with Gasteiger partial charge in [-0.3, -0.25) is 9.59 Å². The van der Waals surface area contributed by atoms with Crippen LogP contribution in [-0.4, -0.2) is 45.3 Å². The van der Waals surface area contributed by atoms with Crippen molar-refractivity contribution in [2.45, 2.75) is 13.8 Å². The van der Waals surface area contributed by atoms with Gasteiger partial charge in [0.05, 0.1) is 21.5 Å². The predicted molar refractivity (Wildman–Crippen MR) is 160 cm³/mol. The lowest BCUT2D eigenvalue weighted by Gasteiger charge is -2.25. The van der Waals surface area contributed by atoms with E-state index in [1.807, 2.05) is 0 Å². The van der Waals surface area contributed by atoms with Crippen molar-refractivity contribution in [2.24, 2.45) is 0 Å². The van der Waals surface area contributed by atoms with Crippen LogP contribution < -0.4 is 10.9 Å². The van der Waals surface area contributed by atoms with Gasteiger partial charge < -0.3 is 45.3 Å². The summed E-state index contributed by atoms with van der Waals surface area (Å²) in [5, 5.41) is 68.4. The lowest BCUT2D eigenvalue weighted by atomic mass is 9.78. The summed E-state index contributed by atoms with van der Waals surface area (Å²) >= 11 is 0. The number of benzene rings is 8. The summed E-state index contributed by atoms with van der Waals surface area (Å²) in [7, 11) is -4.64. The Morgan fingerprint density at radius 1 is 0.395 bits per heavy atom. The number of rotatable bonds is 0. The number of phosphoric acid groups is 1. The zero-order chi connectivity index (χ0) is 31.2. The Kier molecular flexibility index (Phi) is 4.99. The van der Waals surface area contributed by atoms with E-state index < -0.39 is 41.7 Å². The SMILES string of the molecule is Cc1cc(O)c2c(=O)c3c(O)cc(O)c4c5c(O)cc(O)c6c(=O)c7c(O)cc(C)c8c1c2c(c34)c(c78)c65.O=P(O)(O)O. The molecule has 0 bridgehead atoms. The fourth-order valence-electron chi connectivity index (χ4n) is 6.98. The van der Waals surface area contributed by atoms with Crippen molar-refractivity contribution in [2.75, 3.05) is 0 Å². The van der Waals surface area contributed by atoms with Crippen LogP contribution in [0.5, 0.6) is 34.5 Å². The van der Waals surface area contributed by atoms with Crippen molar-refractivity contribution in [1.29, 1.82) is 0 Å². The molecule has 12 nitrogen and oxygen atoms in total. The molecule has 0 saturated heterocycles. The largest absolute Gasteiger partial charge is 0.507 e. The summed E-state index contributed by atoms with van der Waals surface area (Å²) in [5.74, 6) is -2.51. The smallest absolute Gasteiger partial charge is 0.466 e. The molecule has 8 aromatic rings. The summed E-state index contributed by atoms with van der Waals surface area (Å²) in [6.07, 6.45) is 0. The molecule has 0 spiro atoms. The molecule has 0 radical (unpaired) electrons. The number of aromatic hydroxyl groups is 6. The zero-order valence-corrected chi connectivity index (χ0v) is 22.9. The molecule has 43 heavy (non-hydrogen) atoms.